The van der Waals surface area contributed by atoms with Gasteiger partial charge >= 0.3 is 0 Å². The molecule has 0 saturated carbocycles. The molecule has 0 saturated heterocycles. The van der Waals surface area contributed by atoms with Crippen LogP contribution in [0.5, 0.6) is 0 Å². The van der Waals surface area contributed by atoms with Crippen LogP contribution in [0.3, 0.4) is 0 Å². The quantitative estimate of drug-likeness (QED) is 0.658. The zero-order chi connectivity index (χ0) is 12.4. The standard InChI is InChI=1S/C14H16N2OS/c15-16-14(11-5-3-7-17-9-11)13-8-10-4-1-2-6-12(10)18-13/h1-2,4,6,8-9,14,16H,3,5,7,15H2. The van der Waals surface area contributed by atoms with Crippen LogP contribution in [-0.2, 0) is 4.74 Å². The lowest BCUT2D eigenvalue weighted by Crippen LogP contribution is -2.29. The SMILES string of the molecule is NNC(C1=COCCC1)c1cc2ccccc2s1. The van der Waals surface area contributed by atoms with Gasteiger partial charge in [0.2, 0.25) is 0 Å². The van der Waals surface area contributed by atoms with Gasteiger partial charge < -0.3 is 4.74 Å². The van der Waals surface area contributed by atoms with E-state index in [0.717, 1.165) is 19.4 Å². The Morgan fingerprint density at radius 3 is 2.94 bits per heavy atom. The van der Waals surface area contributed by atoms with Crippen molar-refractivity contribution in [2.75, 3.05) is 6.61 Å². The van der Waals surface area contributed by atoms with Crippen LogP contribution < -0.4 is 11.3 Å². The molecule has 1 atom stereocenters. The normalized spacial score (nSPS) is 17.3. The fraction of sp³-hybridized carbons (Fsp3) is 0.286. The van der Waals surface area contributed by atoms with Crippen molar-refractivity contribution < 1.29 is 4.74 Å². The smallest absolute Gasteiger partial charge is 0.0876 e. The van der Waals surface area contributed by atoms with E-state index < -0.39 is 0 Å². The minimum atomic E-state index is 0.0719. The van der Waals surface area contributed by atoms with Crippen molar-refractivity contribution in [1.29, 1.82) is 0 Å². The summed E-state index contributed by atoms with van der Waals surface area (Å²) in [5, 5.41) is 1.27. The van der Waals surface area contributed by atoms with Gasteiger partial charge in [0.05, 0.1) is 18.9 Å². The van der Waals surface area contributed by atoms with Gasteiger partial charge in [-0.1, -0.05) is 18.2 Å². The van der Waals surface area contributed by atoms with E-state index in [1.165, 1.54) is 20.5 Å². The maximum absolute atomic E-state index is 5.72. The number of thiophene rings is 1. The summed E-state index contributed by atoms with van der Waals surface area (Å²) in [6.45, 7) is 0.813. The Bertz CT molecular complexity index is 543. The van der Waals surface area contributed by atoms with Crippen LogP contribution in [0.1, 0.15) is 23.8 Å². The number of hydrazine groups is 1. The van der Waals surface area contributed by atoms with E-state index in [0.29, 0.717) is 0 Å². The van der Waals surface area contributed by atoms with Crippen molar-refractivity contribution >= 4 is 21.4 Å². The first kappa shape index (κ1) is 11.7. The van der Waals surface area contributed by atoms with Crippen LogP contribution in [0.25, 0.3) is 10.1 Å². The van der Waals surface area contributed by atoms with E-state index in [-0.39, 0.29) is 6.04 Å². The molecule has 18 heavy (non-hydrogen) atoms. The third-order valence-electron chi connectivity index (χ3n) is 3.23. The fourth-order valence-corrected chi connectivity index (χ4v) is 3.48. The van der Waals surface area contributed by atoms with Gasteiger partial charge in [0.15, 0.2) is 0 Å². The average Bonchev–Trinajstić information content (AvgIpc) is 2.84. The first-order chi connectivity index (χ1) is 8.88. The summed E-state index contributed by atoms with van der Waals surface area (Å²) in [6.07, 6.45) is 3.97. The molecule has 0 spiro atoms. The van der Waals surface area contributed by atoms with Crippen molar-refractivity contribution in [2.24, 2.45) is 5.84 Å². The van der Waals surface area contributed by atoms with Gasteiger partial charge in [0.1, 0.15) is 0 Å². The largest absolute Gasteiger partial charge is 0.501 e. The van der Waals surface area contributed by atoms with Crippen molar-refractivity contribution in [3.05, 3.63) is 47.0 Å². The van der Waals surface area contributed by atoms with Crippen LogP contribution >= 0.6 is 11.3 Å². The maximum Gasteiger partial charge on any atom is 0.0876 e. The van der Waals surface area contributed by atoms with Gasteiger partial charge in [-0.25, -0.2) is 5.43 Å². The number of nitrogens with one attached hydrogen (secondary N) is 1. The highest BCUT2D eigenvalue weighted by Crippen LogP contribution is 2.34. The molecule has 0 bridgehead atoms. The molecule has 3 rings (SSSR count). The summed E-state index contributed by atoms with van der Waals surface area (Å²) in [5.74, 6) is 5.72. The Hall–Kier alpha value is -1.36. The van der Waals surface area contributed by atoms with Crippen LogP contribution in [0, 0.1) is 0 Å². The second kappa shape index (κ2) is 5.10. The van der Waals surface area contributed by atoms with Crippen molar-refractivity contribution in [2.45, 2.75) is 18.9 Å². The predicted octanol–water partition coefficient (Wildman–Crippen LogP) is 3.10. The highest BCUT2D eigenvalue weighted by Gasteiger charge is 2.19. The summed E-state index contributed by atoms with van der Waals surface area (Å²) >= 11 is 1.78. The van der Waals surface area contributed by atoms with E-state index in [1.807, 2.05) is 6.26 Å². The molecule has 2 aromatic rings. The second-order valence-electron chi connectivity index (χ2n) is 4.45. The summed E-state index contributed by atoms with van der Waals surface area (Å²) in [4.78, 5) is 1.25. The lowest BCUT2D eigenvalue weighted by molar-refractivity contribution is 0.219. The van der Waals surface area contributed by atoms with Crippen LogP contribution in [0.4, 0.5) is 0 Å². The highest BCUT2D eigenvalue weighted by atomic mass is 32.1. The highest BCUT2D eigenvalue weighted by molar-refractivity contribution is 7.19. The van der Waals surface area contributed by atoms with Crippen molar-refractivity contribution in [3.8, 4) is 0 Å². The van der Waals surface area contributed by atoms with Gasteiger partial charge in [-0.15, -0.1) is 11.3 Å². The summed E-state index contributed by atoms with van der Waals surface area (Å²) < 4.78 is 6.70. The second-order valence-corrected chi connectivity index (χ2v) is 5.57. The minimum Gasteiger partial charge on any atom is -0.501 e. The van der Waals surface area contributed by atoms with Gasteiger partial charge in [-0.3, -0.25) is 5.84 Å². The average molecular weight is 260 g/mol. The molecule has 2 heterocycles. The molecule has 0 amide bonds. The Morgan fingerprint density at radius 1 is 1.33 bits per heavy atom. The Morgan fingerprint density at radius 2 is 2.22 bits per heavy atom. The zero-order valence-corrected chi connectivity index (χ0v) is 10.9. The number of nitrogens with two attached hydrogens (primary N) is 1. The maximum atomic E-state index is 5.72. The van der Waals surface area contributed by atoms with Crippen LogP contribution in [0.2, 0.25) is 0 Å². The molecule has 0 radical (unpaired) electrons. The molecule has 0 aliphatic carbocycles. The van der Waals surface area contributed by atoms with Gasteiger partial charge in [-0.2, -0.15) is 0 Å². The summed E-state index contributed by atoms with van der Waals surface area (Å²) in [7, 11) is 0. The lowest BCUT2D eigenvalue weighted by Gasteiger charge is -2.21. The molecular weight excluding hydrogens is 244 g/mol. The lowest BCUT2D eigenvalue weighted by atomic mass is 10.0. The minimum absolute atomic E-state index is 0.0719. The molecule has 3 N–H and O–H groups in total. The molecular formula is C14H16N2OS. The molecule has 1 aliphatic rings. The molecule has 0 fully saturated rings. The number of hydrogen-bond acceptors (Lipinski definition) is 4. The number of fused-ring (bicyclic) bond motifs is 1. The molecule has 1 aromatic carbocycles. The van der Waals surface area contributed by atoms with E-state index in [9.17, 15) is 0 Å². The topological polar surface area (TPSA) is 47.3 Å². The molecule has 3 nitrogen and oxygen atoms in total. The van der Waals surface area contributed by atoms with Gasteiger partial charge in [0, 0.05) is 9.58 Å². The molecule has 1 unspecified atom stereocenters. The monoisotopic (exact) mass is 260 g/mol. The Kier molecular flexibility index (Phi) is 3.32. The van der Waals surface area contributed by atoms with E-state index >= 15 is 0 Å². The van der Waals surface area contributed by atoms with Crippen LogP contribution in [-0.4, -0.2) is 6.61 Å². The Labute approximate surface area is 110 Å². The predicted molar refractivity (Wildman–Crippen MR) is 75.2 cm³/mol. The third kappa shape index (κ3) is 2.14. The molecule has 4 heteroatoms. The zero-order valence-electron chi connectivity index (χ0n) is 10.1. The summed E-state index contributed by atoms with van der Waals surface area (Å²) in [6, 6.07) is 10.7. The van der Waals surface area contributed by atoms with Crippen molar-refractivity contribution in [3.63, 3.8) is 0 Å². The first-order valence-corrected chi connectivity index (χ1v) is 6.95. The fourth-order valence-electron chi connectivity index (χ4n) is 2.31. The van der Waals surface area contributed by atoms with Gasteiger partial charge in [0.25, 0.3) is 0 Å². The van der Waals surface area contributed by atoms with E-state index in [2.05, 4.69) is 35.8 Å². The summed E-state index contributed by atoms with van der Waals surface area (Å²) in [5.41, 5.74) is 4.14. The molecule has 1 aromatic heterocycles. The van der Waals surface area contributed by atoms with E-state index in [1.54, 1.807) is 11.3 Å². The molecule has 94 valence electrons. The first-order valence-electron chi connectivity index (χ1n) is 6.13. The Balaban J connectivity index is 1.97. The van der Waals surface area contributed by atoms with Crippen LogP contribution in [0.15, 0.2) is 42.2 Å². The number of benzene rings is 1. The van der Waals surface area contributed by atoms with Crippen molar-refractivity contribution in [1.82, 2.24) is 5.43 Å². The van der Waals surface area contributed by atoms with E-state index in [4.69, 9.17) is 10.6 Å². The van der Waals surface area contributed by atoms with Gasteiger partial charge in [-0.05, 0) is 35.9 Å². The number of rotatable bonds is 3. The molecule has 1 aliphatic heterocycles. The number of ether oxygens (including phenoxy) is 1. The third-order valence-corrected chi connectivity index (χ3v) is 4.41. The number of hydrogen-bond donors (Lipinski definition) is 2.